The maximum absolute atomic E-state index is 13.7. The van der Waals surface area contributed by atoms with Gasteiger partial charge in [-0.1, -0.05) is 64.2 Å². The van der Waals surface area contributed by atoms with Gasteiger partial charge in [0.2, 0.25) is 11.8 Å². The second-order valence-corrected chi connectivity index (χ2v) is 11.4. The fraction of sp³-hybridized carbons (Fsp3) is 0.621. The molecule has 0 spiro atoms. The fourth-order valence-electron chi connectivity index (χ4n) is 5.62. The molecule has 4 rings (SSSR count). The lowest BCUT2D eigenvalue weighted by Gasteiger charge is -2.32. The number of rotatable bonds is 12. The summed E-state index contributed by atoms with van der Waals surface area (Å²) in [6, 6.07) is 6.00. The summed E-state index contributed by atoms with van der Waals surface area (Å²) in [6.45, 7) is 3.83. The number of hydrogen-bond acceptors (Lipinski definition) is 6. The number of aromatic nitrogens is 2. The highest BCUT2D eigenvalue weighted by molar-refractivity contribution is 5.92. The molecular weight excluding hydrogens is 482 g/mol. The van der Waals surface area contributed by atoms with Crippen molar-refractivity contribution in [1.82, 2.24) is 20.6 Å². The van der Waals surface area contributed by atoms with Gasteiger partial charge in [0.1, 0.15) is 12.1 Å². The number of carbonyl (C=O) groups excluding carboxylic acids is 2. The van der Waals surface area contributed by atoms with Gasteiger partial charge in [-0.25, -0.2) is 4.98 Å². The maximum atomic E-state index is 13.7. The minimum atomic E-state index is -0.882. The Labute approximate surface area is 225 Å². The highest BCUT2D eigenvalue weighted by atomic mass is 16.3. The molecule has 1 fully saturated rings. The monoisotopic (exact) mass is 525 g/mol. The molecule has 2 heterocycles. The van der Waals surface area contributed by atoms with Crippen LogP contribution in [0, 0.1) is 11.8 Å². The minimum Gasteiger partial charge on any atom is -0.393 e. The van der Waals surface area contributed by atoms with E-state index in [0.29, 0.717) is 18.8 Å². The third-order valence-corrected chi connectivity index (χ3v) is 8.06. The van der Waals surface area contributed by atoms with E-state index in [1.165, 1.54) is 6.42 Å². The summed E-state index contributed by atoms with van der Waals surface area (Å²) in [5, 5.41) is 30.8. The van der Waals surface area contributed by atoms with E-state index in [0.717, 1.165) is 42.6 Å². The summed E-state index contributed by atoms with van der Waals surface area (Å²) in [4.78, 5) is 34.0. The summed E-state index contributed by atoms with van der Waals surface area (Å²) in [5.74, 6) is -0.171. The molecule has 9 heteroatoms. The molecule has 1 unspecified atom stereocenters. The van der Waals surface area contributed by atoms with Crippen LogP contribution in [0.4, 0.5) is 5.69 Å². The van der Waals surface area contributed by atoms with Crippen molar-refractivity contribution >= 4 is 17.5 Å². The molecule has 1 aromatic heterocycles. The van der Waals surface area contributed by atoms with Crippen LogP contribution in [-0.4, -0.2) is 62.3 Å². The van der Waals surface area contributed by atoms with Crippen LogP contribution in [0.2, 0.25) is 0 Å². The Balaban J connectivity index is 1.46. The van der Waals surface area contributed by atoms with Crippen LogP contribution in [-0.2, 0) is 22.4 Å². The number of nitrogens with zero attached hydrogens (tertiary/aromatic N) is 1. The van der Waals surface area contributed by atoms with E-state index >= 15 is 0 Å². The number of imidazole rings is 1. The van der Waals surface area contributed by atoms with Gasteiger partial charge in [0, 0.05) is 36.8 Å². The number of aliphatic hydroxyl groups excluding tert-OH is 2. The first-order valence-corrected chi connectivity index (χ1v) is 14.1. The third-order valence-electron chi connectivity index (χ3n) is 8.06. The van der Waals surface area contributed by atoms with Crippen molar-refractivity contribution in [1.29, 1.82) is 0 Å². The van der Waals surface area contributed by atoms with Crippen molar-refractivity contribution < 1.29 is 19.8 Å². The zero-order chi connectivity index (χ0) is 27.1. The smallest absolute Gasteiger partial charge is 0.243 e. The number of hydrogen-bond donors (Lipinski definition) is 6. The number of fused-ring (bicyclic) bond motifs is 1. The highest BCUT2D eigenvalue weighted by Crippen LogP contribution is 2.29. The Morgan fingerprint density at radius 3 is 2.53 bits per heavy atom. The van der Waals surface area contributed by atoms with Crippen molar-refractivity contribution in [3.05, 3.63) is 48.0 Å². The average Bonchev–Trinajstić information content (AvgIpc) is 3.58. The van der Waals surface area contributed by atoms with E-state index in [4.69, 9.17) is 0 Å². The van der Waals surface area contributed by atoms with Crippen LogP contribution >= 0.6 is 0 Å². The van der Waals surface area contributed by atoms with E-state index in [1.807, 2.05) is 38.1 Å². The maximum Gasteiger partial charge on any atom is 0.243 e. The van der Waals surface area contributed by atoms with E-state index in [1.54, 1.807) is 12.5 Å². The third kappa shape index (κ3) is 7.57. The quantitative estimate of drug-likeness (QED) is 0.252. The molecule has 2 aromatic rings. The first-order chi connectivity index (χ1) is 18.3. The van der Waals surface area contributed by atoms with Crippen LogP contribution in [0.3, 0.4) is 0 Å². The van der Waals surface area contributed by atoms with Crippen LogP contribution < -0.4 is 16.0 Å². The summed E-state index contributed by atoms with van der Waals surface area (Å²) >= 11 is 0. The van der Waals surface area contributed by atoms with E-state index in [9.17, 15) is 19.8 Å². The fourth-order valence-corrected chi connectivity index (χ4v) is 5.62. The Morgan fingerprint density at radius 1 is 1.08 bits per heavy atom. The van der Waals surface area contributed by atoms with Gasteiger partial charge >= 0.3 is 0 Å². The first-order valence-electron chi connectivity index (χ1n) is 14.1. The van der Waals surface area contributed by atoms with E-state index in [2.05, 4.69) is 25.9 Å². The second-order valence-electron chi connectivity index (χ2n) is 11.4. The number of aliphatic hydroxyl groups is 2. The standard InChI is InChI=1S/C29H43N5O4/c1-18(2)26(35)15-27(36)23(12-19-8-4-3-5-9-19)33-29(38)25(14-21-16-30-17-31-21)34-28(37)24-13-20-10-6-7-11-22(20)32-24/h6-7,10-11,16-19,23-27,32,35-36H,3-5,8-9,12-15H2,1-2H3,(H,30,31)(H,33,38)(H,34,37)/t23-,24?,25-,26-,27-/m0/s1. The molecule has 38 heavy (non-hydrogen) atoms. The van der Waals surface area contributed by atoms with Gasteiger partial charge in [-0.15, -0.1) is 0 Å². The molecule has 5 atom stereocenters. The van der Waals surface area contributed by atoms with Crippen molar-refractivity contribution in [2.75, 3.05) is 5.32 Å². The van der Waals surface area contributed by atoms with Gasteiger partial charge in [0.05, 0.1) is 24.6 Å². The number of anilines is 1. The van der Waals surface area contributed by atoms with Crippen LogP contribution in [0.25, 0.3) is 0 Å². The molecule has 6 N–H and O–H groups in total. The largest absolute Gasteiger partial charge is 0.393 e. The number of amides is 2. The molecule has 0 saturated heterocycles. The average molecular weight is 526 g/mol. The van der Waals surface area contributed by atoms with Gasteiger partial charge in [0.25, 0.3) is 0 Å². The Kier molecular flexibility index (Phi) is 9.80. The van der Waals surface area contributed by atoms with Crippen molar-refractivity contribution in [3.8, 4) is 0 Å². The summed E-state index contributed by atoms with van der Waals surface area (Å²) < 4.78 is 0. The molecule has 9 nitrogen and oxygen atoms in total. The molecule has 1 saturated carbocycles. The number of benzene rings is 1. The molecule has 208 valence electrons. The van der Waals surface area contributed by atoms with Gasteiger partial charge in [-0.2, -0.15) is 0 Å². The first kappa shape index (κ1) is 28.1. The number of aromatic amines is 1. The number of H-pyrrole nitrogens is 1. The molecule has 0 bridgehead atoms. The predicted octanol–water partition coefficient (Wildman–Crippen LogP) is 2.70. The topological polar surface area (TPSA) is 139 Å². The van der Waals surface area contributed by atoms with Gasteiger partial charge in [-0.3, -0.25) is 9.59 Å². The zero-order valence-electron chi connectivity index (χ0n) is 22.5. The van der Waals surface area contributed by atoms with Gasteiger partial charge in [0.15, 0.2) is 0 Å². The van der Waals surface area contributed by atoms with E-state index < -0.39 is 30.3 Å². The molecule has 2 aliphatic rings. The SMILES string of the molecule is CC(C)[C@@H](O)C[C@H](O)[C@H](CC1CCCCC1)NC(=O)[C@H](Cc1cnc[nH]1)NC(=O)C1Cc2ccccc2N1. The van der Waals surface area contributed by atoms with Crippen LogP contribution in [0.5, 0.6) is 0 Å². The van der Waals surface area contributed by atoms with Crippen LogP contribution in [0.15, 0.2) is 36.8 Å². The summed E-state index contributed by atoms with van der Waals surface area (Å²) in [5.41, 5.74) is 2.73. The Hall–Kier alpha value is -2.91. The second kappa shape index (κ2) is 13.2. The Bertz CT molecular complexity index is 1010. The predicted molar refractivity (Wildman–Crippen MR) is 146 cm³/mol. The number of para-hydroxylation sites is 1. The molecule has 1 aliphatic heterocycles. The van der Waals surface area contributed by atoms with Crippen molar-refractivity contribution in [2.45, 2.75) is 102 Å². The summed E-state index contributed by atoms with van der Waals surface area (Å²) in [7, 11) is 0. The number of nitrogens with one attached hydrogen (secondary N) is 4. The Morgan fingerprint density at radius 2 is 1.84 bits per heavy atom. The lowest BCUT2D eigenvalue weighted by molar-refractivity contribution is -0.130. The number of carbonyl (C=O) groups is 2. The normalized spacial score (nSPS) is 20.7. The minimum absolute atomic E-state index is 0.00568. The van der Waals surface area contributed by atoms with Crippen molar-refractivity contribution in [3.63, 3.8) is 0 Å². The highest BCUT2D eigenvalue weighted by Gasteiger charge is 2.33. The molecule has 0 radical (unpaired) electrons. The zero-order valence-corrected chi connectivity index (χ0v) is 22.5. The van der Waals surface area contributed by atoms with Gasteiger partial charge in [-0.05, 0) is 29.9 Å². The molecule has 2 amide bonds. The lowest BCUT2D eigenvalue weighted by atomic mass is 9.82. The molecule has 1 aliphatic carbocycles. The molecular formula is C29H43N5O4. The molecule has 1 aromatic carbocycles. The van der Waals surface area contributed by atoms with Crippen molar-refractivity contribution in [2.24, 2.45) is 11.8 Å². The summed E-state index contributed by atoms with van der Waals surface area (Å²) in [6.07, 6.45) is 8.98. The van der Waals surface area contributed by atoms with Crippen LogP contribution in [0.1, 0.15) is 70.1 Å². The van der Waals surface area contributed by atoms with E-state index in [-0.39, 0.29) is 30.6 Å². The lowest BCUT2D eigenvalue weighted by Crippen LogP contribution is -2.56. The van der Waals surface area contributed by atoms with Gasteiger partial charge < -0.3 is 31.1 Å².